The normalized spacial score (nSPS) is 12.7. The fraction of sp³-hybridized carbons (Fsp3) is 0.111. The molecule has 0 spiro atoms. The highest BCUT2D eigenvalue weighted by molar-refractivity contribution is 6.08. The standard InChI is InChI=1S/C36H28F2N2O3/c1-21(23-7-10-25(11-8-23)36(42)43)39-35(41)32-19-29(31-20-30(37)13-14-33(31)38)18-28-15-16-40(34(28)32)22(2)26-12-9-24-5-3-4-6-27(24)17-26/h3-22H,1-2H3,(H,39,41)(H,42,43)/t21-,22+/m0/s1. The van der Waals surface area contributed by atoms with Crippen LogP contribution in [-0.2, 0) is 0 Å². The van der Waals surface area contributed by atoms with Crippen LogP contribution in [0.2, 0.25) is 0 Å². The largest absolute Gasteiger partial charge is 0.478 e. The lowest BCUT2D eigenvalue weighted by Gasteiger charge is -2.20. The number of fused-ring (bicyclic) bond motifs is 2. The monoisotopic (exact) mass is 574 g/mol. The smallest absolute Gasteiger partial charge is 0.335 e. The average Bonchev–Trinajstić information content (AvgIpc) is 3.45. The number of aromatic nitrogens is 1. The van der Waals surface area contributed by atoms with E-state index in [1.807, 2.05) is 29.0 Å². The van der Waals surface area contributed by atoms with Gasteiger partial charge in [0.1, 0.15) is 11.6 Å². The van der Waals surface area contributed by atoms with Crippen LogP contribution in [0.5, 0.6) is 0 Å². The molecule has 7 heteroatoms. The molecule has 0 fully saturated rings. The van der Waals surface area contributed by atoms with Gasteiger partial charge in [-0.2, -0.15) is 0 Å². The molecule has 0 saturated carbocycles. The van der Waals surface area contributed by atoms with Crippen molar-refractivity contribution in [1.29, 1.82) is 0 Å². The molecule has 214 valence electrons. The number of carbonyl (C=O) groups excluding carboxylic acids is 1. The van der Waals surface area contributed by atoms with E-state index in [9.17, 15) is 23.5 Å². The Balaban J connectivity index is 1.45. The van der Waals surface area contributed by atoms with Crippen LogP contribution in [-0.4, -0.2) is 21.6 Å². The van der Waals surface area contributed by atoms with Gasteiger partial charge in [0.25, 0.3) is 5.91 Å². The summed E-state index contributed by atoms with van der Waals surface area (Å²) in [6.45, 7) is 3.86. The number of amides is 1. The SMILES string of the molecule is C[C@H](NC(=O)c1cc(-c2cc(F)ccc2F)cc2ccn([C@H](C)c3ccc4ccccc4c3)c12)c1ccc(C(=O)O)cc1. The quantitative estimate of drug-likeness (QED) is 0.201. The number of nitrogens with zero attached hydrogens (tertiary/aromatic N) is 1. The highest BCUT2D eigenvalue weighted by Gasteiger charge is 2.22. The van der Waals surface area contributed by atoms with Gasteiger partial charge in [-0.05, 0) is 95.9 Å². The van der Waals surface area contributed by atoms with Crippen molar-refractivity contribution in [3.8, 4) is 11.1 Å². The van der Waals surface area contributed by atoms with Crippen molar-refractivity contribution < 1.29 is 23.5 Å². The molecule has 1 heterocycles. The van der Waals surface area contributed by atoms with Gasteiger partial charge in [-0.1, -0.05) is 48.5 Å². The second-order valence-electron chi connectivity index (χ2n) is 10.7. The zero-order valence-corrected chi connectivity index (χ0v) is 23.5. The summed E-state index contributed by atoms with van der Waals surface area (Å²) in [6.07, 6.45) is 1.90. The van der Waals surface area contributed by atoms with Gasteiger partial charge >= 0.3 is 5.97 Å². The van der Waals surface area contributed by atoms with Crippen molar-refractivity contribution in [3.63, 3.8) is 0 Å². The summed E-state index contributed by atoms with van der Waals surface area (Å²) < 4.78 is 31.1. The van der Waals surface area contributed by atoms with E-state index in [1.165, 1.54) is 12.1 Å². The van der Waals surface area contributed by atoms with Crippen LogP contribution in [0.3, 0.4) is 0 Å². The van der Waals surface area contributed by atoms with Crippen molar-refractivity contribution in [2.24, 2.45) is 0 Å². The van der Waals surface area contributed by atoms with Gasteiger partial charge in [0.15, 0.2) is 0 Å². The summed E-state index contributed by atoms with van der Waals surface area (Å²) >= 11 is 0. The predicted octanol–water partition coefficient (Wildman–Crippen LogP) is 8.54. The first-order valence-electron chi connectivity index (χ1n) is 13.9. The van der Waals surface area contributed by atoms with Crippen LogP contribution >= 0.6 is 0 Å². The number of benzene rings is 5. The second kappa shape index (κ2) is 11.2. The summed E-state index contributed by atoms with van der Waals surface area (Å²) in [5, 5.41) is 15.2. The molecule has 2 N–H and O–H groups in total. The molecule has 1 aromatic heterocycles. The third kappa shape index (κ3) is 5.37. The van der Waals surface area contributed by atoms with Crippen LogP contribution in [0.1, 0.15) is 57.8 Å². The van der Waals surface area contributed by atoms with Crippen molar-refractivity contribution in [1.82, 2.24) is 9.88 Å². The highest BCUT2D eigenvalue weighted by Crippen LogP contribution is 2.34. The van der Waals surface area contributed by atoms with Gasteiger partial charge in [0.05, 0.1) is 28.7 Å². The van der Waals surface area contributed by atoms with E-state index in [2.05, 4.69) is 42.6 Å². The van der Waals surface area contributed by atoms with Gasteiger partial charge in [-0.15, -0.1) is 0 Å². The molecule has 43 heavy (non-hydrogen) atoms. The van der Waals surface area contributed by atoms with Gasteiger partial charge in [0, 0.05) is 17.1 Å². The van der Waals surface area contributed by atoms with Crippen LogP contribution < -0.4 is 5.32 Å². The first-order chi connectivity index (χ1) is 20.7. The molecule has 0 unspecified atom stereocenters. The molecule has 0 saturated heterocycles. The van der Waals surface area contributed by atoms with E-state index in [1.54, 1.807) is 31.2 Å². The van der Waals surface area contributed by atoms with E-state index < -0.39 is 29.6 Å². The van der Waals surface area contributed by atoms with E-state index in [4.69, 9.17) is 0 Å². The first kappa shape index (κ1) is 27.8. The predicted molar refractivity (Wildman–Crippen MR) is 164 cm³/mol. The van der Waals surface area contributed by atoms with Crippen LogP contribution in [0.15, 0.2) is 109 Å². The van der Waals surface area contributed by atoms with Crippen molar-refractivity contribution in [2.45, 2.75) is 25.9 Å². The summed E-state index contributed by atoms with van der Waals surface area (Å²) in [5.74, 6) is -2.61. The third-order valence-corrected chi connectivity index (χ3v) is 7.97. The number of hydrogen-bond donors (Lipinski definition) is 2. The summed E-state index contributed by atoms with van der Waals surface area (Å²) in [4.78, 5) is 25.2. The van der Waals surface area contributed by atoms with Gasteiger partial charge in [-0.3, -0.25) is 4.79 Å². The van der Waals surface area contributed by atoms with Crippen LogP contribution in [0.25, 0.3) is 32.8 Å². The lowest BCUT2D eigenvalue weighted by Crippen LogP contribution is -2.27. The number of halogens is 2. The maximum atomic E-state index is 14.9. The maximum absolute atomic E-state index is 14.9. The van der Waals surface area contributed by atoms with Gasteiger partial charge in [0.2, 0.25) is 0 Å². The second-order valence-corrected chi connectivity index (χ2v) is 10.7. The topological polar surface area (TPSA) is 71.3 Å². The summed E-state index contributed by atoms with van der Waals surface area (Å²) in [6, 6.07) is 28.6. The molecule has 0 radical (unpaired) electrons. The number of aromatic carboxylic acids is 1. The molecule has 5 aromatic carbocycles. The Hall–Kier alpha value is -5.30. The molecule has 0 aliphatic rings. The average molecular weight is 575 g/mol. The Kier molecular flexibility index (Phi) is 7.24. The Labute approximate surface area is 247 Å². The summed E-state index contributed by atoms with van der Waals surface area (Å²) in [5.41, 5.74) is 3.33. The Morgan fingerprint density at radius 2 is 1.49 bits per heavy atom. The first-order valence-corrected chi connectivity index (χ1v) is 13.9. The zero-order valence-electron chi connectivity index (χ0n) is 23.5. The van der Waals surface area contributed by atoms with Gasteiger partial charge in [-0.25, -0.2) is 13.6 Å². The minimum atomic E-state index is -1.03. The number of carboxylic acids is 1. The number of rotatable bonds is 7. The van der Waals surface area contributed by atoms with Crippen molar-refractivity contribution >= 4 is 33.6 Å². The summed E-state index contributed by atoms with van der Waals surface area (Å²) in [7, 11) is 0. The minimum absolute atomic E-state index is 0.0589. The lowest BCUT2D eigenvalue weighted by molar-refractivity contribution is 0.0696. The lowest BCUT2D eigenvalue weighted by atomic mass is 9.98. The molecule has 1 amide bonds. The molecular weight excluding hydrogens is 546 g/mol. The van der Waals surface area contributed by atoms with Crippen molar-refractivity contribution in [3.05, 3.63) is 143 Å². The fourth-order valence-corrected chi connectivity index (χ4v) is 5.58. The number of carboxylic acid groups (broad SMARTS) is 1. The number of nitrogens with one attached hydrogen (secondary N) is 1. The Morgan fingerprint density at radius 3 is 2.23 bits per heavy atom. The van der Waals surface area contributed by atoms with Crippen molar-refractivity contribution in [2.75, 3.05) is 0 Å². The molecule has 0 aliphatic carbocycles. The molecule has 0 bridgehead atoms. The van der Waals surface area contributed by atoms with Crippen LogP contribution in [0.4, 0.5) is 8.78 Å². The molecule has 6 aromatic rings. The van der Waals surface area contributed by atoms with E-state index in [-0.39, 0.29) is 17.2 Å². The van der Waals surface area contributed by atoms with E-state index >= 15 is 0 Å². The highest BCUT2D eigenvalue weighted by atomic mass is 19.1. The molecular formula is C36H28F2N2O3. The number of carbonyl (C=O) groups is 2. The zero-order chi connectivity index (χ0) is 30.2. The number of hydrogen-bond acceptors (Lipinski definition) is 2. The Morgan fingerprint density at radius 1 is 0.767 bits per heavy atom. The fourth-order valence-electron chi connectivity index (χ4n) is 5.58. The van der Waals surface area contributed by atoms with Crippen LogP contribution in [0, 0.1) is 11.6 Å². The Bertz CT molecular complexity index is 2010. The van der Waals surface area contributed by atoms with E-state index in [0.717, 1.165) is 40.1 Å². The molecule has 2 atom stereocenters. The minimum Gasteiger partial charge on any atom is -0.478 e. The molecule has 6 rings (SSSR count). The maximum Gasteiger partial charge on any atom is 0.335 e. The molecule has 5 nitrogen and oxygen atoms in total. The van der Waals surface area contributed by atoms with E-state index in [0.29, 0.717) is 22.0 Å². The molecule has 0 aliphatic heterocycles. The third-order valence-electron chi connectivity index (χ3n) is 7.97. The van der Waals surface area contributed by atoms with Gasteiger partial charge < -0.3 is 15.0 Å².